The number of rotatable bonds is 6. The first-order chi connectivity index (χ1) is 15.2. The number of hydrogen-bond acceptors (Lipinski definition) is 6. The van der Waals surface area contributed by atoms with Crippen molar-refractivity contribution in [1.29, 1.82) is 0 Å². The highest BCUT2D eigenvalue weighted by Crippen LogP contribution is 2.32. The Kier molecular flexibility index (Phi) is 5.44. The standard InChI is InChI=1S/C23H27N5O3/c29-22(17-14-28(15-17)19-7-10-24-25-13-19)26-18-3-5-20(6-4-18)31-21-8-11-27(12-9-21)23(30)16-1-2-16/h3-7,10,13,16-17,21H,1-2,8-9,11-12,14-15H2,(H,26,29). The second kappa shape index (κ2) is 8.53. The van der Waals surface area contributed by atoms with E-state index in [9.17, 15) is 9.59 Å². The summed E-state index contributed by atoms with van der Waals surface area (Å²) in [4.78, 5) is 28.7. The van der Waals surface area contributed by atoms with Gasteiger partial charge in [-0.3, -0.25) is 9.59 Å². The Bertz CT molecular complexity index is 918. The summed E-state index contributed by atoms with van der Waals surface area (Å²) in [6.07, 6.45) is 7.33. The molecule has 2 aliphatic heterocycles. The Morgan fingerprint density at radius 2 is 1.68 bits per heavy atom. The van der Waals surface area contributed by atoms with Gasteiger partial charge in [0.2, 0.25) is 11.8 Å². The number of piperidine rings is 1. The van der Waals surface area contributed by atoms with Crippen LogP contribution in [-0.2, 0) is 9.59 Å². The number of ether oxygens (including phenoxy) is 1. The summed E-state index contributed by atoms with van der Waals surface area (Å²) in [5.74, 6) is 1.40. The molecule has 1 aromatic heterocycles. The van der Waals surface area contributed by atoms with Crippen LogP contribution in [-0.4, -0.2) is 59.2 Å². The van der Waals surface area contributed by atoms with Crippen LogP contribution in [0.2, 0.25) is 0 Å². The van der Waals surface area contributed by atoms with Crippen molar-refractivity contribution in [2.45, 2.75) is 31.8 Å². The van der Waals surface area contributed by atoms with Gasteiger partial charge in [-0.2, -0.15) is 10.2 Å². The summed E-state index contributed by atoms with van der Waals surface area (Å²) < 4.78 is 6.09. The molecule has 1 saturated carbocycles. The first-order valence-corrected chi connectivity index (χ1v) is 11.0. The number of carbonyl (C=O) groups excluding carboxylic acids is 2. The molecule has 162 valence electrons. The van der Waals surface area contributed by atoms with Crippen LogP contribution in [0.15, 0.2) is 42.7 Å². The fraction of sp³-hybridized carbons (Fsp3) is 0.478. The van der Waals surface area contributed by atoms with E-state index in [2.05, 4.69) is 20.4 Å². The average Bonchev–Trinajstić information content (AvgIpc) is 3.60. The minimum atomic E-state index is -0.0346. The molecule has 0 radical (unpaired) electrons. The van der Waals surface area contributed by atoms with Crippen LogP contribution >= 0.6 is 0 Å². The summed E-state index contributed by atoms with van der Waals surface area (Å²) in [6.45, 7) is 2.92. The third kappa shape index (κ3) is 4.62. The van der Waals surface area contributed by atoms with Crippen molar-refractivity contribution in [1.82, 2.24) is 15.1 Å². The molecular weight excluding hydrogens is 394 g/mol. The molecule has 0 spiro atoms. The topological polar surface area (TPSA) is 87.7 Å². The van der Waals surface area contributed by atoms with Crippen molar-refractivity contribution in [3.8, 4) is 5.75 Å². The summed E-state index contributed by atoms with van der Waals surface area (Å²) in [7, 11) is 0. The fourth-order valence-electron chi connectivity index (χ4n) is 4.16. The highest BCUT2D eigenvalue weighted by Gasteiger charge is 2.35. The molecule has 0 unspecified atom stereocenters. The van der Waals surface area contributed by atoms with Gasteiger partial charge in [0.05, 0.1) is 24.0 Å². The molecule has 3 heterocycles. The maximum absolute atomic E-state index is 12.5. The van der Waals surface area contributed by atoms with Gasteiger partial charge in [0.25, 0.3) is 0 Å². The molecule has 0 bridgehead atoms. The highest BCUT2D eigenvalue weighted by atomic mass is 16.5. The molecule has 8 nitrogen and oxygen atoms in total. The van der Waals surface area contributed by atoms with Gasteiger partial charge < -0.3 is 19.9 Å². The van der Waals surface area contributed by atoms with Gasteiger partial charge in [0.1, 0.15) is 11.9 Å². The monoisotopic (exact) mass is 421 g/mol. The van der Waals surface area contributed by atoms with E-state index in [1.165, 1.54) is 0 Å². The molecular formula is C23H27N5O3. The van der Waals surface area contributed by atoms with Crippen molar-refractivity contribution >= 4 is 23.2 Å². The summed E-state index contributed by atoms with van der Waals surface area (Å²) >= 11 is 0. The molecule has 2 aromatic rings. The number of anilines is 2. The molecule has 1 aliphatic carbocycles. The molecule has 8 heteroatoms. The van der Waals surface area contributed by atoms with Crippen molar-refractivity contribution < 1.29 is 14.3 Å². The predicted molar refractivity (Wildman–Crippen MR) is 116 cm³/mol. The van der Waals surface area contributed by atoms with Gasteiger partial charge in [-0.1, -0.05) is 0 Å². The van der Waals surface area contributed by atoms with E-state index < -0.39 is 0 Å². The molecule has 0 atom stereocenters. The van der Waals surface area contributed by atoms with Crippen LogP contribution in [0.25, 0.3) is 0 Å². The zero-order chi connectivity index (χ0) is 21.2. The number of aromatic nitrogens is 2. The number of likely N-dealkylation sites (tertiary alicyclic amines) is 1. The Morgan fingerprint density at radius 1 is 0.935 bits per heavy atom. The lowest BCUT2D eigenvalue weighted by Crippen LogP contribution is -2.52. The maximum Gasteiger partial charge on any atom is 0.231 e. The van der Waals surface area contributed by atoms with Crippen LogP contribution in [0.5, 0.6) is 5.75 Å². The minimum Gasteiger partial charge on any atom is -0.490 e. The first kappa shape index (κ1) is 19.8. The number of amides is 2. The smallest absolute Gasteiger partial charge is 0.231 e. The summed E-state index contributed by atoms with van der Waals surface area (Å²) in [5, 5.41) is 10.6. The third-order valence-electron chi connectivity index (χ3n) is 6.29. The average molecular weight is 422 g/mol. The Labute approximate surface area is 181 Å². The lowest BCUT2D eigenvalue weighted by molar-refractivity contribution is -0.134. The van der Waals surface area contributed by atoms with E-state index in [-0.39, 0.29) is 23.8 Å². The van der Waals surface area contributed by atoms with Gasteiger partial charge >= 0.3 is 0 Å². The Hall–Kier alpha value is -3.16. The number of benzene rings is 1. The number of nitrogens with zero attached hydrogens (tertiary/aromatic N) is 4. The van der Waals surface area contributed by atoms with Crippen LogP contribution in [0.3, 0.4) is 0 Å². The van der Waals surface area contributed by atoms with Crippen molar-refractivity contribution in [3.05, 3.63) is 42.7 Å². The van der Waals surface area contributed by atoms with Crippen LogP contribution in [0.1, 0.15) is 25.7 Å². The quantitative estimate of drug-likeness (QED) is 0.770. The lowest BCUT2D eigenvalue weighted by Gasteiger charge is -2.39. The molecule has 2 amide bonds. The third-order valence-corrected chi connectivity index (χ3v) is 6.29. The number of carbonyl (C=O) groups is 2. The van der Waals surface area contributed by atoms with Gasteiger partial charge in [-0.05, 0) is 43.2 Å². The van der Waals surface area contributed by atoms with E-state index in [1.807, 2.05) is 35.2 Å². The van der Waals surface area contributed by atoms with E-state index >= 15 is 0 Å². The van der Waals surface area contributed by atoms with Gasteiger partial charge in [0.15, 0.2) is 0 Å². The SMILES string of the molecule is O=C(Nc1ccc(OC2CCN(C(=O)C3CC3)CC2)cc1)C1CN(c2ccnnc2)C1. The van der Waals surface area contributed by atoms with Gasteiger partial charge in [-0.15, -0.1) is 0 Å². The van der Waals surface area contributed by atoms with Crippen molar-refractivity contribution in [2.24, 2.45) is 11.8 Å². The van der Waals surface area contributed by atoms with Gasteiger partial charge in [-0.25, -0.2) is 0 Å². The van der Waals surface area contributed by atoms with E-state index in [4.69, 9.17) is 4.74 Å². The van der Waals surface area contributed by atoms with E-state index in [1.54, 1.807) is 12.4 Å². The van der Waals surface area contributed by atoms with E-state index in [0.717, 1.165) is 55.9 Å². The second-order valence-electron chi connectivity index (χ2n) is 8.63. The normalized spacial score (nSPS) is 19.6. The van der Waals surface area contributed by atoms with Crippen LogP contribution in [0, 0.1) is 11.8 Å². The predicted octanol–water partition coefficient (Wildman–Crippen LogP) is 2.33. The molecule has 3 aliphatic rings. The minimum absolute atomic E-state index is 0.0274. The second-order valence-corrected chi connectivity index (χ2v) is 8.63. The number of nitrogens with one attached hydrogen (secondary N) is 1. The first-order valence-electron chi connectivity index (χ1n) is 11.0. The summed E-state index contributed by atoms with van der Waals surface area (Å²) in [6, 6.07) is 9.44. The van der Waals surface area contributed by atoms with Crippen molar-refractivity contribution in [2.75, 3.05) is 36.4 Å². The molecule has 1 N–H and O–H groups in total. The molecule has 31 heavy (non-hydrogen) atoms. The zero-order valence-corrected chi connectivity index (χ0v) is 17.4. The summed E-state index contributed by atoms with van der Waals surface area (Å²) in [5.41, 5.74) is 1.76. The van der Waals surface area contributed by atoms with Crippen LogP contribution < -0.4 is 15.0 Å². The largest absolute Gasteiger partial charge is 0.490 e. The molecule has 5 rings (SSSR count). The van der Waals surface area contributed by atoms with Crippen LogP contribution in [0.4, 0.5) is 11.4 Å². The number of hydrogen-bond donors (Lipinski definition) is 1. The van der Waals surface area contributed by atoms with E-state index in [0.29, 0.717) is 19.0 Å². The Morgan fingerprint density at radius 3 is 2.32 bits per heavy atom. The maximum atomic E-state index is 12.5. The van der Waals surface area contributed by atoms with Gasteiger partial charge in [0, 0.05) is 50.6 Å². The molecule has 3 fully saturated rings. The molecule has 1 aromatic carbocycles. The lowest BCUT2D eigenvalue weighted by atomic mass is 9.98. The van der Waals surface area contributed by atoms with Crippen molar-refractivity contribution in [3.63, 3.8) is 0 Å². The molecule has 2 saturated heterocycles. The fourth-order valence-corrected chi connectivity index (χ4v) is 4.16. The highest BCUT2D eigenvalue weighted by molar-refractivity contribution is 5.94. The Balaban J connectivity index is 1.06. The zero-order valence-electron chi connectivity index (χ0n) is 17.4.